The number of hydrogen-bond donors (Lipinski definition) is 1. The first-order chi connectivity index (χ1) is 12.3. The van der Waals surface area contributed by atoms with Crippen LogP contribution in [0, 0.1) is 0 Å². The second-order valence-electron chi connectivity index (χ2n) is 5.17. The molecule has 2 heterocycles. The Hall–Kier alpha value is -2.93. The van der Waals surface area contributed by atoms with Crippen molar-refractivity contribution in [2.45, 2.75) is 17.5 Å². The Kier molecular flexibility index (Phi) is 5.58. The standard InChI is InChI=1S/C18H17N5OS/c1-2-12-23-17(24)16(20-15-8-10-19-11-9-15)21-22-18(23)25-13-14-6-4-3-5-7-14/h2-11H,1,12-13H2,(H,19,20,21). The molecule has 0 aliphatic heterocycles. The van der Waals surface area contributed by atoms with Crippen LogP contribution in [0.25, 0.3) is 0 Å². The van der Waals surface area contributed by atoms with Gasteiger partial charge in [0.15, 0.2) is 5.16 Å². The van der Waals surface area contributed by atoms with E-state index in [4.69, 9.17) is 0 Å². The summed E-state index contributed by atoms with van der Waals surface area (Å²) in [6.45, 7) is 4.10. The highest BCUT2D eigenvalue weighted by Gasteiger charge is 2.12. The van der Waals surface area contributed by atoms with E-state index < -0.39 is 0 Å². The number of allylic oxidation sites excluding steroid dienone is 1. The number of rotatable bonds is 7. The summed E-state index contributed by atoms with van der Waals surface area (Å²) < 4.78 is 1.57. The van der Waals surface area contributed by atoms with Gasteiger partial charge in [0.05, 0.1) is 0 Å². The van der Waals surface area contributed by atoms with Crippen molar-refractivity contribution in [3.8, 4) is 0 Å². The summed E-state index contributed by atoms with van der Waals surface area (Å²) in [5.74, 6) is 0.889. The van der Waals surface area contributed by atoms with Gasteiger partial charge in [-0.15, -0.1) is 16.8 Å². The first kappa shape index (κ1) is 16.9. The number of benzene rings is 1. The van der Waals surface area contributed by atoms with Crippen molar-refractivity contribution in [3.05, 3.63) is 83.4 Å². The van der Waals surface area contributed by atoms with Crippen molar-refractivity contribution in [3.63, 3.8) is 0 Å². The summed E-state index contributed by atoms with van der Waals surface area (Å²) in [7, 11) is 0. The maximum Gasteiger partial charge on any atom is 0.297 e. The molecule has 1 aromatic carbocycles. The quantitative estimate of drug-likeness (QED) is 0.520. The molecule has 0 bridgehead atoms. The minimum Gasteiger partial charge on any atom is -0.334 e. The van der Waals surface area contributed by atoms with Crippen molar-refractivity contribution in [1.29, 1.82) is 0 Å². The molecule has 3 rings (SSSR count). The molecule has 7 heteroatoms. The summed E-state index contributed by atoms with van der Waals surface area (Å²) in [4.78, 5) is 16.7. The van der Waals surface area contributed by atoms with E-state index in [1.807, 2.05) is 30.3 Å². The number of thioether (sulfide) groups is 1. The Balaban J connectivity index is 1.85. The zero-order valence-corrected chi connectivity index (χ0v) is 14.3. The Labute approximate surface area is 149 Å². The number of anilines is 2. The van der Waals surface area contributed by atoms with E-state index >= 15 is 0 Å². The summed E-state index contributed by atoms with van der Waals surface area (Å²) in [5.41, 5.74) is 1.66. The summed E-state index contributed by atoms with van der Waals surface area (Å²) in [6.07, 6.45) is 4.95. The van der Waals surface area contributed by atoms with Crippen LogP contribution in [0.15, 0.2) is 77.5 Å². The minimum absolute atomic E-state index is 0.178. The molecule has 6 nitrogen and oxygen atoms in total. The fourth-order valence-corrected chi connectivity index (χ4v) is 3.07. The molecule has 0 radical (unpaired) electrons. The van der Waals surface area contributed by atoms with Crippen molar-refractivity contribution in [2.75, 3.05) is 5.32 Å². The molecule has 25 heavy (non-hydrogen) atoms. The van der Waals surface area contributed by atoms with Crippen LogP contribution in [-0.2, 0) is 12.3 Å². The Morgan fingerprint density at radius 3 is 2.60 bits per heavy atom. The molecular weight excluding hydrogens is 334 g/mol. The molecule has 2 aromatic heterocycles. The van der Waals surface area contributed by atoms with Gasteiger partial charge in [0, 0.05) is 30.4 Å². The molecule has 0 fully saturated rings. The van der Waals surface area contributed by atoms with E-state index in [9.17, 15) is 4.79 Å². The predicted octanol–water partition coefficient (Wildman–Crippen LogP) is 3.26. The Morgan fingerprint density at radius 2 is 1.88 bits per heavy atom. The van der Waals surface area contributed by atoms with Crippen LogP contribution in [-0.4, -0.2) is 19.7 Å². The molecule has 126 valence electrons. The number of nitrogens with one attached hydrogen (secondary N) is 1. The topological polar surface area (TPSA) is 72.7 Å². The number of aromatic nitrogens is 4. The van der Waals surface area contributed by atoms with Gasteiger partial charge in [0.2, 0.25) is 5.82 Å². The van der Waals surface area contributed by atoms with Crippen molar-refractivity contribution in [1.82, 2.24) is 19.7 Å². The Bertz CT molecular complexity index is 896. The van der Waals surface area contributed by atoms with Crippen molar-refractivity contribution >= 4 is 23.3 Å². The van der Waals surface area contributed by atoms with Gasteiger partial charge in [-0.2, -0.15) is 0 Å². The van der Waals surface area contributed by atoms with Crippen LogP contribution < -0.4 is 10.9 Å². The lowest BCUT2D eigenvalue weighted by Crippen LogP contribution is -2.26. The molecule has 1 N–H and O–H groups in total. The molecule has 0 aliphatic rings. The van der Waals surface area contributed by atoms with Gasteiger partial charge in [0.1, 0.15) is 0 Å². The van der Waals surface area contributed by atoms with Gasteiger partial charge in [-0.3, -0.25) is 14.3 Å². The average Bonchev–Trinajstić information content (AvgIpc) is 2.66. The van der Waals surface area contributed by atoms with E-state index in [2.05, 4.69) is 27.1 Å². The largest absolute Gasteiger partial charge is 0.334 e. The maximum atomic E-state index is 12.7. The lowest BCUT2D eigenvalue weighted by molar-refractivity contribution is 0.626. The van der Waals surface area contributed by atoms with Gasteiger partial charge in [-0.25, -0.2) is 0 Å². The van der Waals surface area contributed by atoms with E-state index in [1.165, 1.54) is 11.8 Å². The third-order valence-electron chi connectivity index (χ3n) is 3.38. The van der Waals surface area contributed by atoms with E-state index in [0.29, 0.717) is 17.5 Å². The summed E-state index contributed by atoms with van der Waals surface area (Å²) in [5, 5.41) is 11.8. The normalized spacial score (nSPS) is 10.4. The molecule has 3 aromatic rings. The van der Waals surface area contributed by atoms with Crippen molar-refractivity contribution in [2.24, 2.45) is 0 Å². The van der Waals surface area contributed by atoms with Crippen LogP contribution in [0.4, 0.5) is 11.5 Å². The maximum absolute atomic E-state index is 12.7. The fraction of sp³-hybridized carbons (Fsp3) is 0.111. The third-order valence-corrected chi connectivity index (χ3v) is 4.42. The monoisotopic (exact) mass is 351 g/mol. The van der Waals surface area contributed by atoms with Crippen molar-refractivity contribution < 1.29 is 0 Å². The number of pyridine rings is 1. The van der Waals surface area contributed by atoms with E-state index in [1.54, 1.807) is 35.2 Å². The lowest BCUT2D eigenvalue weighted by Gasteiger charge is -2.11. The zero-order valence-electron chi connectivity index (χ0n) is 13.5. The molecule has 0 saturated heterocycles. The summed E-state index contributed by atoms with van der Waals surface area (Å²) in [6, 6.07) is 13.5. The third kappa shape index (κ3) is 4.33. The molecule has 0 atom stereocenters. The molecule has 0 aliphatic carbocycles. The first-order valence-corrected chi connectivity index (χ1v) is 8.68. The van der Waals surface area contributed by atoms with Crippen LogP contribution in [0.2, 0.25) is 0 Å². The average molecular weight is 351 g/mol. The second kappa shape index (κ2) is 8.25. The first-order valence-electron chi connectivity index (χ1n) is 7.70. The summed E-state index contributed by atoms with van der Waals surface area (Å²) >= 11 is 1.47. The zero-order chi connectivity index (χ0) is 17.5. The van der Waals surface area contributed by atoms with Gasteiger partial charge in [-0.05, 0) is 17.7 Å². The second-order valence-corrected chi connectivity index (χ2v) is 6.11. The van der Waals surface area contributed by atoms with Gasteiger partial charge >= 0.3 is 0 Å². The van der Waals surface area contributed by atoms with E-state index in [-0.39, 0.29) is 11.4 Å². The molecule has 0 amide bonds. The smallest absolute Gasteiger partial charge is 0.297 e. The lowest BCUT2D eigenvalue weighted by atomic mass is 10.2. The minimum atomic E-state index is -0.234. The highest BCUT2D eigenvalue weighted by Crippen LogP contribution is 2.20. The Morgan fingerprint density at radius 1 is 1.12 bits per heavy atom. The van der Waals surface area contributed by atoms with Gasteiger partial charge in [-0.1, -0.05) is 48.2 Å². The predicted molar refractivity (Wildman–Crippen MR) is 100 cm³/mol. The highest BCUT2D eigenvalue weighted by atomic mass is 32.2. The van der Waals surface area contributed by atoms with Crippen LogP contribution in [0.5, 0.6) is 0 Å². The van der Waals surface area contributed by atoms with Gasteiger partial charge in [0.25, 0.3) is 5.56 Å². The van der Waals surface area contributed by atoms with Crippen LogP contribution in [0.1, 0.15) is 5.56 Å². The fourth-order valence-electron chi connectivity index (χ4n) is 2.17. The SMILES string of the molecule is C=CCn1c(SCc2ccccc2)nnc(Nc2ccncc2)c1=O. The highest BCUT2D eigenvalue weighted by molar-refractivity contribution is 7.98. The van der Waals surface area contributed by atoms with Gasteiger partial charge < -0.3 is 5.32 Å². The molecule has 0 spiro atoms. The number of hydrogen-bond acceptors (Lipinski definition) is 6. The van der Waals surface area contributed by atoms with E-state index in [0.717, 1.165) is 11.3 Å². The molecule has 0 saturated carbocycles. The molecule has 0 unspecified atom stereocenters. The molecular formula is C18H17N5OS. The van der Waals surface area contributed by atoms with Crippen LogP contribution >= 0.6 is 11.8 Å². The van der Waals surface area contributed by atoms with Crippen LogP contribution in [0.3, 0.4) is 0 Å². The number of nitrogens with zero attached hydrogens (tertiary/aromatic N) is 4.